The molecule has 0 bridgehead atoms. The fourth-order valence-electron chi connectivity index (χ4n) is 6.78. The van der Waals surface area contributed by atoms with Crippen LogP contribution in [0.3, 0.4) is 0 Å². The van der Waals surface area contributed by atoms with Crippen LogP contribution < -0.4 is 15.0 Å². The zero-order chi connectivity index (χ0) is 29.0. The van der Waals surface area contributed by atoms with Gasteiger partial charge < -0.3 is 29.3 Å². The third-order valence-electron chi connectivity index (χ3n) is 9.22. The Kier molecular flexibility index (Phi) is 7.17. The first-order chi connectivity index (χ1) is 20.2. The molecule has 7 rings (SSSR count). The first kappa shape index (κ1) is 27.7. The molecule has 1 aliphatic carbocycles. The minimum absolute atomic E-state index is 0.142. The summed E-state index contributed by atoms with van der Waals surface area (Å²) in [5.74, 6) is 2.63. The molecule has 5 aliphatic rings. The molecule has 0 radical (unpaired) electrons. The molecule has 226 valence electrons. The molecule has 10 nitrogen and oxygen atoms in total. The highest BCUT2D eigenvalue weighted by Crippen LogP contribution is 2.51. The highest BCUT2D eigenvalue weighted by molar-refractivity contribution is 5.75. The maximum Gasteiger partial charge on any atom is 0.410 e. The predicted molar refractivity (Wildman–Crippen MR) is 161 cm³/mol. The number of nitrogens with one attached hydrogen (secondary N) is 1. The fourth-order valence-corrected chi connectivity index (χ4v) is 6.78. The van der Waals surface area contributed by atoms with Crippen LogP contribution in [0.5, 0.6) is 5.75 Å². The Labute approximate surface area is 248 Å². The number of pyridine rings is 2. The van der Waals surface area contributed by atoms with Crippen LogP contribution in [-0.4, -0.2) is 90.0 Å². The lowest BCUT2D eigenvalue weighted by molar-refractivity contribution is 0.00565. The summed E-state index contributed by atoms with van der Waals surface area (Å²) in [6.45, 7) is 14.6. The van der Waals surface area contributed by atoms with Crippen molar-refractivity contribution in [2.45, 2.75) is 83.0 Å². The Morgan fingerprint density at radius 2 is 1.79 bits per heavy atom. The van der Waals surface area contributed by atoms with Crippen LogP contribution in [0, 0.1) is 0 Å². The standard InChI is InChI=1S/C32H44N6O4/c1-20-27-26(36-13-15-40-16-14-36)7-10-33-30(27)35-25-17-24(34-28(21-5-6-21)29(25)41-20)22-18-38(19-22)23-8-11-37(12-9-23)31(39)42-32(2,3)4/h7,10,17,20-23H,5-6,8-9,11-16,18-19H2,1-4H3,(H,33,35)/t20-/m1/s1. The van der Waals surface area contributed by atoms with Crippen molar-refractivity contribution in [1.82, 2.24) is 19.8 Å². The van der Waals surface area contributed by atoms with Gasteiger partial charge in [0.05, 0.1) is 30.2 Å². The normalized spacial score (nSPS) is 23.7. The van der Waals surface area contributed by atoms with Gasteiger partial charge in [-0.1, -0.05) is 0 Å². The van der Waals surface area contributed by atoms with Gasteiger partial charge in [-0.05, 0) is 65.5 Å². The summed E-state index contributed by atoms with van der Waals surface area (Å²) in [5, 5.41) is 3.69. The van der Waals surface area contributed by atoms with Gasteiger partial charge in [-0.25, -0.2) is 9.78 Å². The van der Waals surface area contributed by atoms with E-state index in [0.717, 1.165) is 112 Å². The third kappa shape index (κ3) is 5.51. The van der Waals surface area contributed by atoms with Crippen LogP contribution in [0.1, 0.15) is 88.3 Å². The molecule has 0 unspecified atom stereocenters. The van der Waals surface area contributed by atoms with Crippen molar-refractivity contribution in [3.05, 3.63) is 35.3 Å². The van der Waals surface area contributed by atoms with Crippen molar-refractivity contribution in [1.29, 1.82) is 0 Å². The molecule has 42 heavy (non-hydrogen) atoms. The number of piperidine rings is 1. The average Bonchev–Trinajstić information content (AvgIpc) is 3.79. The van der Waals surface area contributed by atoms with Crippen LogP contribution >= 0.6 is 0 Å². The number of morpholine rings is 1. The SMILES string of the molecule is C[C@H]1Oc2c(cc(C3CN(C4CCN(C(=O)OC(C)(C)C)CC4)C3)nc2C2CC2)Nc2nccc(N3CCOCC3)c21. The number of ether oxygens (including phenoxy) is 3. The Balaban J connectivity index is 1.06. The summed E-state index contributed by atoms with van der Waals surface area (Å²) in [6.07, 6.45) is 5.86. The van der Waals surface area contributed by atoms with Gasteiger partial charge in [-0.3, -0.25) is 9.88 Å². The fraction of sp³-hybridized carbons (Fsp3) is 0.656. The number of amides is 1. The quantitative estimate of drug-likeness (QED) is 0.528. The molecule has 1 atom stereocenters. The monoisotopic (exact) mass is 576 g/mol. The largest absolute Gasteiger partial charge is 0.482 e. The number of anilines is 3. The summed E-state index contributed by atoms with van der Waals surface area (Å²) in [4.78, 5) is 29.3. The molecule has 3 saturated heterocycles. The zero-order valence-electron chi connectivity index (χ0n) is 25.4. The second-order valence-corrected chi connectivity index (χ2v) is 13.5. The number of rotatable bonds is 4. The molecule has 6 heterocycles. The van der Waals surface area contributed by atoms with E-state index in [9.17, 15) is 4.79 Å². The molecule has 1 amide bonds. The predicted octanol–water partition coefficient (Wildman–Crippen LogP) is 5.19. The average molecular weight is 577 g/mol. The van der Waals surface area contributed by atoms with E-state index in [1.54, 1.807) is 0 Å². The van der Waals surface area contributed by atoms with Crippen LogP contribution in [0.25, 0.3) is 0 Å². The van der Waals surface area contributed by atoms with Gasteiger partial charge in [0.1, 0.15) is 17.5 Å². The second kappa shape index (κ2) is 10.9. The Hall–Kier alpha value is -3.11. The minimum atomic E-state index is -0.458. The number of hydrogen-bond donors (Lipinski definition) is 1. The molecule has 4 aliphatic heterocycles. The molecule has 10 heteroatoms. The van der Waals surface area contributed by atoms with E-state index in [4.69, 9.17) is 24.2 Å². The number of carbonyl (C=O) groups excluding carboxylic acids is 1. The van der Waals surface area contributed by atoms with Gasteiger partial charge in [0.15, 0.2) is 5.75 Å². The van der Waals surface area contributed by atoms with E-state index in [2.05, 4.69) is 34.2 Å². The van der Waals surface area contributed by atoms with Gasteiger partial charge in [0.2, 0.25) is 0 Å². The van der Waals surface area contributed by atoms with Crippen LogP contribution in [0.2, 0.25) is 0 Å². The number of hydrogen-bond acceptors (Lipinski definition) is 9. The topological polar surface area (TPSA) is 92.3 Å². The summed E-state index contributed by atoms with van der Waals surface area (Å²) in [6, 6.07) is 4.81. The lowest BCUT2D eigenvalue weighted by atomic mass is 9.90. The van der Waals surface area contributed by atoms with E-state index >= 15 is 0 Å². The summed E-state index contributed by atoms with van der Waals surface area (Å²) >= 11 is 0. The maximum absolute atomic E-state index is 12.5. The maximum atomic E-state index is 12.5. The van der Waals surface area contributed by atoms with Crippen molar-refractivity contribution in [2.24, 2.45) is 0 Å². The molecule has 2 aromatic heterocycles. The number of nitrogens with zero attached hydrogens (tertiary/aromatic N) is 5. The molecule has 0 aromatic carbocycles. The number of aromatic nitrogens is 2. The summed E-state index contributed by atoms with van der Waals surface area (Å²) < 4.78 is 17.9. The summed E-state index contributed by atoms with van der Waals surface area (Å²) in [7, 11) is 0. The van der Waals surface area contributed by atoms with Crippen LogP contribution in [0.15, 0.2) is 18.3 Å². The first-order valence-corrected chi connectivity index (χ1v) is 15.8. The van der Waals surface area contributed by atoms with Crippen molar-refractivity contribution in [3.63, 3.8) is 0 Å². The molecular formula is C32H44N6O4. The highest BCUT2D eigenvalue weighted by atomic mass is 16.6. The smallest absolute Gasteiger partial charge is 0.410 e. The Morgan fingerprint density at radius 3 is 2.48 bits per heavy atom. The molecule has 1 saturated carbocycles. The highest BCUT2D eigenvalue weighted by Gasteiger charge is 2.40. The minimum Gasteiger partial charge on any atom is -0.482 e. The Morgan fingerprint density at radius 1 is 1.05 bits per heavy atom. The van der Waals surface area contributed by atoms with Crippen LogP contribution in [0.4, 0.5) is 22.0 Å². The zero-order valence-corrected chi connectivity index (χ0v) is 25.4. The van der Waals surface area contributed by atoms with E-state index in [0.29, 0.717) is 17.9 Å². The number of likely N-dealkylation sites (tertiary alicyclic amines) is 2. The number of carbonyl (C=O) groups is 1. The molecule has 0 spiro atoms. The first-order valence-electron chi connectivity index (χ1n) is 15.8. The lowest BCUT2D eigenvalue weighted by Crippen LogP contribution is -2.55. The van der Waals surface area contributed by atoms with E-state index in [-0.39, 0.29) is 12.2 Å². The van der Waals surface area contributed by atoms with Crippen molar-refractivity contribution in [3.8, 4) is 5.75 Å². The molecule has 2 aromatic rings. The van der Waals surface area contributed by atoms with Crippen molar-refractivity contribution >= 4 is 23.3 Å². The third-order valence-corrected chi connectivity index (χ3v) is 9.22. The van der Waals surface area contributed by atoms with Gasteiger partial charge in [-0.15, -0.1) is 0 Å². The Bertz CT molecular complexity index is 1320. The van der Waals surface area contributed by atoms with Gasteiger partial charge in [0, 0.05) is 74.7 Å². The summed E-state index contributed by atoms with van der Waals surface area (Å²) in [5.41, 5.74) is 5.06. The second-order valence-electron chi connectivity index (χ2n) is 13.5. The number of fused-ring (bicyclic) bond motifs is 2. The molecule has 4 fully saturated rings. The van der Waals surface area contributed by atoms with Gasteiger partial charge >= 0.3 is 6.09 Å². The molecular weight excluding hydrogens is 532 g/mol. The molecule has 1 N–H and O–H groups in total. The van der Waals surface area contributed by atoms with Gasteiger partial charge in [0.25, 0.3) is 0 Å². The van der Waals surface area contributed by atoms with Crippen molar-refractivity contribution in [2.75, 3.05) is 62.7 Å². The van der Waals surface area contributed by atoms with Gasteiger partial charge in [-0.2, -0.15) is 0 Å². The lowest BCUT2D eigenvalue weighted by Gasteiger charge is -2.47. The van der Waals surface area contributed by atoms with Crippen molar-refractivity contribution < 1.29 is 19.0 Å². The van der Waals surface area contributed by atoms with Crippen LogP contribution in [-0.2, 0) is 9.47 Å². The van der Waals surface area contributed by atoms with E-state index < -0.39 is 5.60 Å². The van der Waals surface area contributed by atoms with E-state index in [1.807, 2.05) is 31.9 Å². The van der Waals surface area contributed by atoms with E-state index in [1.165, 1.54) is 5.69 Å².